The van der Waals surface area contributed by atoms with Crippen LogP contribution in [-0.2, 0) is 4.79 Å². The molecule has 3 aliphatic heterocycles. The summed E-state index contributed by atoms with van der Waals surface area (Å²) >= 11 is 1.92. The van der Waals surface area contributed by atoms with Crippen LogP contribution in [0.15, 0.2) is 24.3 Å². The van der Waals surface area contributed by atoms with Gasteiger partial charge in [-0.25, -0.2) is 4.39 Å². The number of likely N-dealkylation sites (tertiary alicyclic amines) is 1. The Labute approximate surface area is 158 Å². The lowest BCUT2D eigenvalue weighted by Crippen LogP contribution is -2.56. The molecule has 4 nitrogen and oxygen atoms in total. The average molecular weight is 373 g/mol. The zero-order chi connectivity index (χ0) is 18.2. The van der Waals surface area contributed by atoms with Crippen LogP contribution in [0.1, 0.15) is 37.2 Å². The molecule has 3 saturated heterocycles. The van der Waals surface area contributed by atoms with E-state index in [2.05, 4.69) is 16.3 Å². The fourth-order valence-corrected chi connectivity index (χ4v) is 6.14. The van der Waals surface area contributed by atoms with Crippen LogP contribution in [-0.4, -0.2) is 47.5 Å². The van der Waals surface area contributed by atoms with Gasteiger partial charge in [-0.15, -0.1) is 0 Å². The molecule has 3 fully saturated rings. The highest BCUT2D eigenvalue weighted by Gasteiger charge is 2.54. The number of carbonyl (C=O) groups is 1. The third kappa shape index (κ3) is 2.82. The van der Waals surface area contributed by atoms with Gasteiger partial charge in [0.2, 0.25) is 5.91 Å². The van der Waals surface area contributed by atoms with E-state index in [1.54, 1.807) is 0 Å². The van der Waals surface area contributed by atoms with E-state index in [4.69, 9.17) is 0 Å². The van der Waals surface area contributed by atoms with Gasteiger partial charge < -0.3 is 5.32 Å². The molecule has 0 aliphatic carbocycles. The van der Waals surface area contributed by atoms with Crippen LogP contribution < -0.4 is 5.32 Å². The smallest absolute Gasteiger partial charge is 0.227 e. The molecule has 3 aliphatic rings. The van der Waals surface area contributed by atoms with Gasteiger partial charge in [-0.05, 0) is 54.9 Å². The van der Waals surface area contributed by atoms with Gasteiger partial charge >= 0.3 is 0 Å². The predicted octanol–water partition coefficient (Wildman–Crippen LogP) is 2.91. The molecule has 26 heavy (non-hydrogen) atoms. The third-order valence-corrected chi connectivity index (χ3v) is 7.63. The molecule has 0 bridgehead atoms. The molecule has 138 valence electrons. The van der Waals surface area contributed by atoms with Gasteiger partial charge in [0.25, 0.3) is 0 Å². The number of nitrogens with zero attached hydrogens (tertiary/aromatic N) is 2. The van der Waals surface area contributed by atoms with Crippen LogP contribution in [0.4, 0.5) is 4.39 Å². The summed E-state index contributed by atoms with van der Waals surface area (Å²) in [4.78, 5) is 15.1. The summed E-state index contributed by atoms with van der Waals surface area (Å²) < 4.78 is 13.3. The van der Waals surface area contributed by atoms with Gasteiger partial charge in [0.15, 0.2) is 0 Å². The van der Waals surface area contributed by atoms with E-state index in [0.717, 1.165) is 55.8 Å². The van der Waals surface area contributed by atoms with Crippen molar-refractivity contribution in [2.24, 2.45) is 5.41 Å². The van der Waals surface area contributed by atoms with Crippen molar-refractivity contribution >= 4 is 17.7 Å². The van der Waals surface area contributed by atoms with E-state index in [0.29, 0.717) is 6.54 Å². The lowest BCUT2D eigenvalue weighted by atomic mass is 9.67. The highest BCUT2D eigenvalue weighted by molar-refractivity contribution is 7.99. The first-order valence-corrected chi connectivity index (χ1v) is 10.5. The number of hydrogen-bond donors (Lipinski definition) is 1. The number of halogens is 1. The first-order valence-electron chi connectivity index (χ1n) is 9.37. The highest BCUT2D eigenvalue weighted by Crippen LogP contribution is 2.49. The number of rotatable bonds is 2. The molecule has 6 heteroatoms. The van der Waals surface area contributed by atoms with Gasteiger partial charge in [0.1, 0.15) is 11.4 Å². The minimum atomic E-state index is -0.422. The molecule has 0 saturated carbocycles. The van der Waals surface area contributed by atoms with Crippen molar-refractivity contribution < 1.29 is 9.18 Å². The maximum Gasteiger partial charge on any atom is 0.227 e. The second-order valence-electron chi connectivity index (χ2n) is 7.71. The number of amides is 1. The van der Waals surface area contributed by atoms with Crippen LogP contribution in [0.2, 0.25) is 0 Å². The van der Waals surface area contributed by atoms with Crippen molar-refractivity contribution in [2.75, 3.05) is 31.1 Å². The first-order chi connectivity index (χ1) is 12.6. The Balaban J connectivity index is 1.55. The molecule has 1 aromatic rings. The molecule has 1 amide bonds. The third-order valence-electron chi connectivity index (χ3n) is 6.65. The zero-order valence-electron chi connectivity index (χ0n) is 14.8. The Morgan fingerprint density at radius 1 is 1.15 bits per heavy atom. The fourth-order valence-electron chi connectivity index (χ4n) is 4.97. The monoisotopic (exact) mass is 373 g/mol. The highest BCUT2D eigenvalue weighted by atomic mass is 32.2. The Kier molecular flexibility index (Phi) is 4.70. The molecule has 1 aromatic carbocycles. The largest absolute Gasteiger partial charge is 0.355 e. The molecule has 4 rings (SSSR count). The number of nitrogens with one attached hydrogen (secondary N) is 1. The Morgan fingerprint density at radius 3 is 2.42 bits per heavy atom. The van der Waals surface area contributed by atoms with Crippen molar-refractivity contribution in [3.05, 3.63) is 35.6 Å². The van der Waals surface area contributed by atoms with E-state index in [1.165, 1.54) is 12.1 Å². The molecule has 1 spiro atoms. The maximum absolute atomic E-state index is 13.3. The van der Waals surface area contributed by atoms with E-state index < -0.39 is 5.41 Å². The van der Waals surface area contributed by atoms with Gasteiger partial charge in [-0.1, -0.05) is 12.1 Å². The minimum Gasteiger partial charge on any atom is -0.355 e. The second-order valence-corrected chi connectivity index (χ2v) is 8.94. The van der Waals surface area contributed by atoms with E-state index in [-0.39, 0.29) is 23.2 Å². The average Bonchev–Trinajstić information content (AvgIpc) is 2.99. The summed E-state index contributed by atoms with van der Waals surface area (Å²) in [6, 6.07) is 9.17. The van der Waals surface area contributed by atoms with Crippen molar-refractivity contribution in [1.82, 2.24) is 10.2 Å². The number of thioether (sulfide) groups is 1. The maximum atomic E-state index is 13.3. The summed E-state index contributed by atoms with van der Waals surface area (Å²) in [5, 5.41) is 12.9. The topological polar surface area (TPSA) is 56.1 Å². The lowest BCUT2D eigenvalue weighted by molar-refractivity contribution is -0.131. The van der Waals surface area contributed by atoms with Crippen LogP contribution >= 0.6 is 11.8 Å². The Bertz CT molecular complexity index is 716. The first kappa shape index (κ1) is 17.8. The van der Waals surface area contributed by atoms with Gasteiger partial charge in [-0.2, -0.15) is 17.0 Å². The quantitative estimate of drug-likeness (QED) is 0.866. The normalized spacial score (nSPS) is 27.8. The zero-order valence-corrected chi connectivity index (χ0v) is 15.7. The molecule has 0 radical (unpaired) electrons. The number of nitriles is 1. The van der Waals surface area contributed by atoms with Crippen molar-refractivity contribution in [2.45, 2.75) is 37.1 Å². The van der Waals surface area contributed by atoms with E-state index in [1.807, 2.05) is 23.9 Å². The van der Waals surface area contributed by atoms with Gasteiger partial charge in [0, 0.05) is 25.6 Å². The molecular weight excluding hydrogens is 349 g/mol. The Hall–Kier alpha value is -1.58. The fraction of sp³-hybridized carbons (Fsp3) is 0.600. The van der Waals surface area contributed by atoms with Crippen LogP contribution in [0.5, 0.6) is 0 Å². The Morgan fingerprint density at radius 2 is 1.81 bits per heavy atom. The van der Waals surface area contributed by atoms with Crippen LogP contribution in [0.3, 0.4) is 0 Å². The summed E-state index contributed by atoms with van der Waals surface area (Å²) in [6.45, 7) is 2.18. The summed E-state index contributed by atoms with van der Waals surface area (Å²) in [7, 11) is 0. The molecule has 1 unspecified atom stereocenters. The summed E-state index contributed by atoms with van der Waals surface area (Å²) in [6.07, 6.45) is 3.35. The minimum absolute atomic E-state index is 0.0812. The predicted molar refractivity (Wildman–Crippen MR) is 100 cm³/mol. The number of carbonyl (C=O) groups excluding carboxylic acids is 1. The molecule has 1 atom stereocenters. The molecule has 1 N–H and O–H groups in total. The number of benzene rings is 1. The van der Waals surface area contributed by atoms with Crippen molar-refractivity contribution in [3.63, 3.8) is 0 Å². The van der Waals surface area contributed by atoms with Crippen LogP contribution in [0, 0.1) is 22.6 Å². The van der Waals surface area contributed by atoms with Crippen LogP contribution in [0.25, 0.3) is 0 Å². The van der Waals surface area contributed by atoms with Gasteiger partial charge in [0.05, 0.1) is 11.5 Å². The van der Waals surface area contributed by atoms with Crippen molar-refractivity contribution in [3.8, 4) is 6.07 Å². The molecule has 0 aromatic heterocycles. The summed E-state index contributed by atoms with van der Waals surface area (Å²) in [5.74, 6) is 2.03. The number of hydrogen-bond acceptors (Lipinski definition) is 4. The lowest BCUT2D eigenvalue weighted by Gasteiger charge is -2.48. The van der Waals surface area contributed by atoms with Gasteiger partial charge in [-0.3, -0.25) is 9.69 Å². The number of piperidine rings is 1. The summed E-state index contributed by atoms with van der Waals surface area (Å²) in [5.41, 5.74) is 0.254. The van der Waals surface area contributed by atoms with E-state index >= 15 is 0 Å². The van der Waals surface area contributed by atoms with Crippen molar-refractivity contribution in [1.29, 1.82) is 5.26 Å². The standard InChI is InChI=1S/C20H24FN3OS/c21-16-3-1-15(2-4-16)17-13-23-18(25)20(17)5-9-24(10-6-20)19(14-22)7-11-26-12-8-19/h1-4,17H,5-13H2,(H,23,25). The van der Waals surface area contributed by atoms with E-state index in [9.17, 15) is 14.4 Å². The SMILES string of the molecule is N#CC1(N2CCC3(CC2)C(=O)NCC3c2ccc(F)cc2)CCSCC1. The molecular formula is C20H24FN3OS. The second kappa shape index (κ2) is 6.86. The molecule has 3 heterocycles.